The molecule has 0 saturated heterocycles. The van der Waals surface area contributed by atoms with E-state index in [2.05, 4.69) is 50.3 Å². The normalized spacial score (nSPS) is 12.5. The summed E-state index contributed by atoms with van der Waals surface area (Å²) in [4.78, 5) is 24.3. The highest BCUT2D eigenvalue weighted by Gasteiger charge is 2.16. The van der Waals surface area contributed by atoms with Gasteiger partial charge >= 0.3 is 11.9 Å². The average Bonchev–Trinajstić information content (AvgIpc) is 3.13. The van der Waals surface area contributed by atoms with Crippen molar-refractivity contribution in [2.45, 2.75) is 232 Å². The van der Waals surface area contributed by atoms with Crippen LogP contribution in [0.4, 0.5) is 0 Å². The van der Waals surface area contributed by atoms with Crippen molar-refractivity contribution in [1.29, 1.82) is 0 Å². The van der Waals surface area contributed by atoms with E-state index >= 15 is 0 Å². The molecule has 0 aromatic heterocycles. The third-order valence-corrected chi connectivity index (χ3v) is 9.69. The fourth-order valence-electron chi connectivity index (χ4n) is 6.33. The number of unbranched alkanes of at least 4 members (excludes halogenated alkanes) is 26. The highest BCUT2D eigenvalue weighted by atomic mass is 16.6. The van der Waals surface area contributed by atoms with Crippen LogP contribution >= 0.6 is 0 Å². The Labute approximate surface area is 316 Å². The Morgan fingerprint density at radius 3 is 1.18 bits per heavy atom. The summed E-state index contributed by atoms with van der Waals surface area (Å²) in [6.45, 7) is 4.13. The molecule has 0 amide bonds. The maximum Gasteiger partial charge on any atom is 0.306 e. The molecular weight excluding hydrogens is 633 g/mol. The van der Waals surface area contributed by atoms with E-state index in [1.165, 1.54) is 148 Å². The van der Waals surface area contributed by atoms with Gasteiger partial charge < -0.3 is 14.6 Å². The zero-order chi connectivity index (χ0) is 37.1. The van der Waals surface area contributed by atoms with Gasteiger partial charge in [-0.3, -0.25) is 9.59 Å². The lowest BCUT2D eigenvalue weighted by atomic mass is 10.0. The van der Waals surface area contributed by atoms with Crippen molar-refractivity contribution in [3.8, 4) is 0 Å². The first kappa shape index (κ1) is 49.1. The number of hydrogen-bond acceptors (Lipinski definition) is 5. The van der Waals surface area contributed by atoms with Gasteiger partial charge in [-0.05, 0) is 51.4 Å². The van der Waals surface area contributed by atoms with Crippen LogP contribution in [0.2, 0.25) is 0 Å². The summed E-state index contributed by atoms with van der Waals surface area (Å²) in [7, 11) is 0. The van der Waals surface area contributed by atoms with Crippen LogP contribution < -0.4 is 0 Å². The molecule has 0 heterocycles. The van der Waals surface area contributed by atoms with Crippen LogP contribution in [-0.2, 0) is 19.1 Å². The molecule has 0 aliphatic heterocycles. The van der Waals surface area contributed by atoms with Crippen molar-refractivity contribution in [2.24, 2.45) is 0 Å². The van der Waals surface area contributed by atoms with E-state index in [0.29, 0.717) is 12.8 Å². The molecule has 0 bridgehead atoms. The third kappa shape index (κ3) is 40.7. The molecule has 0 rings (SSSR count). The van der Waals surface area contributed by atoms with Gasteiger partial charge in [-0.15, -0.1) is 0 Å². The minimum atomic E-state index is -0.772. The quantitative estimate of drug-likeness (QED) is 0.0388. The lowest BCUT2D eigenvalue weighted by Gasteiger charge is -2.15. The van der Waals surface area contributed by atoms with Crippen molar-refractivity contribution in [3.05, 3.63) is 36.5 Å². The Kier molecular flexibility index (Phi) is 41.0. The molecule has 5 nitrogen and oxygen atoms in total. The Morgan fingerprint density at radius 2 is 0.784 bits per heavy atom. The first-order chi connectivity index (χ1) is 25.1. The molecule has 298 valence electrons. The van der Waals surface area contributed by atoms with Gasteiger partial charge in [0.25, 0.3) is 0 Å². The summed E-state index contributed by atoms with van der Waals surface area (Å²) in [6, 6.07) is 0. The van der Waals surface area contributed by atoms with Gasteiger partial charge in [0, 0.05) is 12.8 Å². The number of esters is 2. The number of rotatable bonds is 40. The standard InChI is InChI=1S/C46H84O5/c1-3-5-7-9-11-13-15-17-19-20-21-22-23-24-25-26-27-29-31-33-35-37-39-41-46(49)51-44(42-47)43-50-45(48)40-38-36-34-32-30-28-18-16-14-12-10-8-6-4-2/h15,17,20-21,23-24,44,47H,3-14,16,18-19,22,25-43H2,1-2H3/b17-15-,21-20-,24-23-. The summed E-state index contributed by atoms with van der Waals surface area (Å²) < 4.78 is 10.6. The molecule has 0 aliphatic carbocycles. The molecule has 0 saturated carbocycles. The molecule has 51 heavy (non-hydrogen) atoms. The van der Waals surface area contributed by atoms with Gasteiger partial charge in [0.15, 0.2) is 6.10 Å². The average molecular weight is 717 g/mol. The molecule has 0 fully saturated rings. The number of aliphatic hydroxyl groups is 1. The van der Waals surface area contributed by atoms with Gasteiger partial charge in [0.1, 0.15) is 6.61 Å². The van der Waals surface area contributed by atoms with Crippen molar-refractivity contribution in [3.63, 3.8) is 0 Å². The molecule has 1 N–H and O–H groups in total. The number of carbonyl (C=O) groups is 2. The van der Waals surface area contributed by atoms with Crippen LogP contribution in [-0.4, -0.2) is 36.4 Å². The second-order valence-corrected chi connectivity index (χ2v) is 14.8. The second kappa shape index (κ2) is 42.5. The van der Waals surface area contributed by atoms with E-state index in [4.69, 9.17) is 9.47 Å². The molecule has 5 heteroatoms. The number of aliphatic hydroxyl groups excluding tert-OH is 1. The summed E-state index contributed by atoms with van der Waals surface area (Å²) in [5, 5.41) is 9.58. The summed E-state index contributed by atoms with van der Waals surface area (Å²) in [5.74, 6) is -0.592. The fraction of sp³-hybridized carbons (Fsp3) is 0.826. The molecule has 0 spiro atoms. The van der Waals surface area contributed by atoms with E-state index in [1.807, 2.05) is 0 Å². The zero-order valence-electron chi connectivity index (χ0n) is 33.9. The first-order valence-electron chi connectivity index (χ1n) is 22.0. The largest absolute Gasteiger partial charge is 0.462 e. The van der Waals surface area contributed by atoms with Crippen LogP contribution in [0, 0.1) is 0 Å². The van der Waals surface area contributed by atoms with Crippen molar-refractivity contribution in [2.75, 3.05) is 13.2 Å². The van der Waals surface area contributed by atoms with Crippen LogP contribution in [0.15, 0.2) is 36.5 Å². The van der Waals surface area contributed by atoms with Crippen LogP contribution in [0.3, 0.4) is 0 Å². The van der Waals surface area contributed by atoms with Gasteiger partial charge in [-0.2, -0.15) is 0 Å². The number of ether oxygens (including phenoxy) is 2. The van der Waals surface area contributed by atoms with Gasteiger partial charge in [0.05, 0.1) is 6.61 Å². The van der Waals surface area contributed by atoms with Crippen molar-refractivity contribution >= 4 is 11.9 Å². The SMILES string of the molecule is CCCCCCC/C=C\C/C=C\C/C=C\CCCCCCCCCCC(=O)OC(CO)COC(=O)CCCCCCCCCCCCCCCC. The lowest BCUT2D eigenvalue weighted by molar-refractivity contribution is -0.161. The monoisotopic (exact) mass is 717 g/mol. The first-order valence-corrected chi connectivity index (χ1v) is 22.0. The predicted octanol–water partition coefficient (Wildman–Crippen LogP) is 14.0. The number of allylic oxidation sites excluding steroid dienone is 6. The van der Waals surface area contributed by atoms with Crippen LogP contribution in [0.5, 0.6) is 0 Å². The second-order valence-electron chi connectivity index (χ2n) is 14.8. The highest BCUT2D eigenvalue weighted by Crippen LogP contribution is 2.15. The zero-order valence-corrected chi connectivity index (χ0v) is 33.9. The summed E-state index contributed by atoms with van der Waals surface area (Å²) in [5.41, 5.74) is 0. The summed E-state index contributed by atoms with van der Waals surface area (Å²) >= 11 is 0. The molecule has 0 aromatic rings. The van der Waals surface area contributed by atoms with E-state index in [9.17, 15) is 14.7 Å². The van der Waals surface area contributed by atoms with Crippen molar-refractivity contribution in [1.82, 2.24) is 0 Å². The van der Waals surface area contributed by atoms with Crippen LogP contribution in [0.1, 0.15) is 226 Å². The smallest absolute Gasteiger partial charge is 0.306 e. The van der Waals surface area contributed by atoms with Crippen molar-refractivity contribution < 1.29 is 24.2 Å². The number of carbonyl (C=O) groups excluding carboxylic acids is 2. The Hall–Kier alpha value is -1.88. The molecule has 0 radical (unpaired) electrons. The third-order valence-electron chi connectivity index (χ3n) is 9.69. The Bertz CT molecular complexity index is 816. The topological polar surface area (TPSA) is 72.8 Å². The summed E-state index contributed by atoms with van der Waals surface area (Å²) in [6.07, 6.45) is 52.1. The van der Waals surface area contributed by atoms with Gasteiger partial charge in [0.2, 0.25) is 0 Å². The van der Waals surface area contributed by atoms with E-state index in [-0.39, 0.29) is 25.2 Å². The fourth-order valence-corrected chi connectivity index (χ4v) is 6.33. The predicted molar refractivity (Wildman–Crippen MR) is 219 cm³/mol. The lowest BCUT2D eigenvalue weighted by Crippen LogP contribution is -2.28. The van der Waals surface area contributed by atoms with Gasteiger partial charge in [-0.25, -0.2) is 0 Å². The van der Waals surface area contributed by atoms with E-state index in [1.54, 1.807) is 0 Å². The Morgan fingerprint density at radius 1 is 0.451 bits per heavy atom. The highest BCUT2D eigenvalue weighted by molar-refractivity contribution is 5.70. The molecule has 1 atom stereocenters. The van der Waals surface area contributed by atoms with Crippen LogP contribution in [0.25, 0.3) is 0 Å². The van der Waals surface area contributed by atoms with E-state index < -0.39 is 6.10 Å². The maximum atomic E-state index is 12.2. The van der Waals surface area contributed by atoms with Gasteiger partial charge in [-0.1, -0.05) is 198 Å². The minimum absolute atomic E-state index is 0.0657. The Balaban J connectivity index is 3.54. The van der Waals surface area contributed by atoms with E-state index in [0.717, 1.165) is 51.4 Å². The molecule has 0 aromatic carbocycles. The maximum absolute atomic E-state index is 12.2. The minimum Gasteiger partial charge on any atom is -0.462 e. The molecular formula is C46H84O5. The molecule has 0 aliphatic rings. The number of hydrogen-bond donors (Lipinski definition) is 1. The molecule has 1 unspecified atom stereocenters.